The molecule has 23 heavy (non-hydrogen) atoms. The minimum atomic E-state index is -0.846. The number of rotatable bonds is 4. The Morgan fingerprint density at radius 1 is 1.30 bits per heavy atom. The number of hydrogen-bond donors (Lipinski definition) is 0. The maximum Gasteiger partial charge on any atom is 0.347 e. The molecule has 0 bridgehead atoms. The molecule has 1 aromatic heterocycles. The zero-order valence-electron chi connectivity index (χ0n) is 11.9. The van der Waals surface area contributed by atoms with Crippen LogP contribution in [0.1, 0.15) is 16.8 Å². The van der Waals surface area contributed by atoms with E-state index >= 15 is 0 Å². The van der Waals surface area contributed by atoms with Gasteiger partial charge in [-0.2, -0.15) is 0 Å². The predicted molar refractivity (Wildman–Crippen MR) is 84.6 cm³/mol. The number of carbonyl (C=O) groups is 2. The molecule has 1 fully saturated rings. The molecule has 5 nitrogen and oxygen atoms in total. The number of cyclic esters (lactones) is 1. The van der Waals surface area contributed by atoms with Gasteiger partial charge in [-0.1, -0.05) is 35.5 Å². The molecule has 0 unspecified atom stereocenters. The van der Waals surface area contributed by atoms with Crippen molar-refractivity contribution in [2.45, 2.75) is 22.4 Å². The zero-order valence-corrected chi connectivity index (χ0v) is 13.5. The van der Waals surface area contributed by atoms with Crippen LogP contribution in [0.2, 0.25) is 5.02 Å². The molecular weight excluding hydrogens is 338 g/mol. The topological polar surface area (TPSA) is 65.5 Å². The Morgan fingerprint density at radius 3 is 2.87 bits per heavy atom. The number of pyridine rings is 1. The van der Waals surface area contributed by atoms with Crippen LogP contribution in [0.15, 0.2) is 52.5 Å². The molecular formula is C16H12ClNO4S. The minimum Gasteiger partial charge on any atom is -0.463 e. The van der Waals surface area contributed by atoms with Gasteiger partial charge in [-0.15, -0.1) is 0 Å². The molecule has 7 heteroatoms. The van der Waals surface area contributed by atoms with Gasteiger partial charge in [0.25, 0.3) is 0 Å². The Labute approximate surface area is 142 Å². The third-order valence-corrected chi connectivity index (χ3v) is 4.71. The molecule has 0 saturated carbocycles. The highest BCUT2D eigenvalue weighted by Crippen LogP contribution is 2.34. The predicted octanol–water partition coefficient (Wildman–Crippen LogP) is 3.36. The van der Waals surface area contributed by atoms with E-state index in [1.54, 1.807) is 24.4 Å². The summed E-state index contributed by atoms with van der Waals surface area (Å²) in [5.74, 6) is -1.11. The van der Waals surface area contributed by atoms with E-state index in [-0.39, 0.29) is 12.2 Å². The van der Waals surface area contributed by atoms with Crippen molar-refractivity contribution in [1.82, 2.24) is 4.98 Å². The fraction of sp³-hybridized carbons (Fsp3) is 0.188. The van der Waals surface area contributed by atoms with Gasteiger partial charge < -0.3 is 9.47 Å². The lowest BCUT2D eigenvalue weighted by molar-refractivity contribution is -0.145. The van der Waals surface area contributed by atoms with Crippen molar-refractivity contribution in [2.75, 3.05) is 6.61 Å². The van der Waals surface area contributed by atoms with Crippen LogP contribution in [0.5, 0.6) is 0 Å². The first-order valence-electron chi connectivity index (χ1n) is 6.90. The number of benzene rings is 1. The van der Waals surface area contributed by atoms with Crippen molar-refractivity contribution in [1.29, 1.82) is 0 Å². The Bertz CT molecular complexity index is 752. The van der Waals surface area contributed by atoms with Gasteiger partial charge in [0.15, 0.2) is 0 Å². The summed E-state index contributed by atoms with van der Waals surface area (Å²) in [5.41, 5.74) is 0.289. The highest BCUT2D eigenvalue weighted by atomic mass is 35.5. The first-order valence-corrected chi connectivity index (χ1v) is 8.09. The molecule has 1 aromatic carbocycles. The molecule has 2 aromatic rings. The largest absolute Gasteiger partial charge is 0.463 e. The number of esters is 2. The highest BCUT2D eigenvalue weighted by Gasteiger charge is 2.31. The van der Waals surface area contributed by atoms with Gasteiger partial charge in [0.1, 0.15) is 5.03 Å². The van der Waals surface area contributed by atoms with Crippen molar-refractivity contribution in [3.63, 3.8) is 0 Å². The first-order chi connectivity index (χ1) is 11.1. The lowest BCUT2D eigenvalue weighted by atomic mass is 10.2. The van der Waals surface area contributed by atoms with Crippen molar-refractivity contribution >= 4 is 35.3 Å². The average Bonchev–Trinajstić information content (AvgIpc) is 2.95. The lowest BCUT2D eigenvalue weighted by Crippen LogP contribution is -2.23. The Kier molecular flexibility index (Phi) is 4.83. The minimum absolute atomic E-state index is 0.269. The number of nitrogens with zero attached hydrogens (tertiary/aromatic N) is 1. The molecule has 1 saturated heterocycles. The van der Waals surface area contributed by atoms with Gasteiger partial charge in [-0.05, 0) is 24.3 Å². The lowest BCUT2D eigenvalue weighted by Gasteiger charge is -2.11. The highest BCUT2D eigenvalue weighted by molar-refractivity contribution is 7.99. The fourth-order valence-electron chi connectivity index (χ4n) is 2.04. The molecule has 0 amide bonds. The standard InChI is InChI=1S/C16H12ClNO4S/c17-11-5-1-2-6-13(11)23-14-10(4-3-8-18-14)15(19)22-12-7-9-21-16(12)20/h1-6,8,12H,7,9H2/t12-/m0/s1. The van der Waals surface area contributed by atoms with Crippen molar-refractivity contribution < 1.29 is 19.1 Å². The van der Waals surface area contributed by atoms with E-state index in [9.17, 15) is 9.59 Å². The van der Waals surface area contributed by atoms with Crippen LogP contribution < -0.4 is 0 Å². The summed E-state index contributed by atoms with van der Waals surface area (Å²) in [6, 6.07) is 10.5. The second-order valence-electron chi connectivity index (χ2n) is 4.74. The summed E-state index contributed by atoms with van der Waals surface area (Å²) in [6.45, 7) is 0.269. The maximum absolute atomic E-state index is 12.3. The van der Waals surface area contributed by atoms with E-state index < -0.39 is 18.0 Å². The molecule has 2 heterocycles. The SMILES string of the molecule is O=C(O[C@H]1CCOC1=O)c1cccnc1Sc1ccccc1Cl. The first kappa shape index (κ1) is 15.8. The molecule has 0 spiro atoms. The third-order valence-electron chi connectivity index (χ3n) is 3.17. The van der Waals surface area contributed by atoms with Crippen molar-refractivity contribution in [3.05, 3.63) is 53.2 Å². The summed E-state index contributed by atoms with van der Waals surface area (Å²) in [6.07, 6.45) is 1.11. The molecule has 1 aliphatic rings. The van der Waals surface area contributed by atoms with E-state index in [1.165, 1.54) is 11.8 Å². The van der Waals surface area contributed by atoms with Crippen LogP contribution in [0.3, 0.4) is 0 Å². The molecule has 0 N–H and O–H groups in total. The summed E-state index contributed by atoms with van der Waals surface area (Å²) in [4.78, 5) is 28.7. The zero-order chi connectivity index (χ0) is 16.2. The smallest absolute Gasteiger partial charge is 0.347 e. The average molecular weight is 350 g/mol. The van der Waals surface area contributed by atoms with Crippen LogP contribution in [-0.2, 0) is 14.3 Å². The van der Waals surface area contributed by atoms with Crippen LogP contribution in [0.4, 0.5) is 0 Å². The van der Waals surface area contributed by atoms with E-state index in [2.05, 4.69) is 4.98 Å². The number of hydrogen-bond acceptors (Lipinski definition) is 6. The monoisotopic (exact) mass is 349 g/mol. The molecule has 1 atom stereocenters. The van der Waals surface area contributed by atoms with E-state index in [4.69, 9.17) is 21.1 Å². The van der Waals surface area contributed by atoms with Crippen molar-refractivity contribution in [3.8, 4) is 0 Å². The van der Waals surface area contributed by atoms with Crippen LogP contribution >= 0.6 is 23.4 Å². The second-order valence-corrected chi connectivity index (χ2v) is 6.18. The van der Waals surface area contributed by atoms with Gasteiger partial charge in [-0.3, -0.25) is 0 Å². The van der Waals surface area contributed by atoms with Crippen molar-refractivity contribution in [2.24, 2.45) is 0 Å². The normalized spacial score (nSPS) is 16.9. The van der Waals surface area contributed by atoms with Crippen LogP contribution in [0.25, 0.3) is 0 Å². The number of carbonyl (C=O) groups excluding carboxylic acids is 2. The van der Waals surface area contributed by atoms with Crippen LogP contribution in [0, 0.1) is 0 Å². The Hall–Kier alpha value is -2.05. The number of aromatic nitrogens is 1. The van der Waals surface area contributed by atoms with Gasteiger partial charge in [0.05, 0.1) is 17.2 Å². The van der Waals surface area contributed by atoms with Gasteiger partial charge >= 0.3 is 11.9 Å². The van der Waals surface area contributed by atoms with Gasteiger partial charge in [-0.25, -0.2) is 14.6 Å². The van der Waals surface area contributed by atoms with E-state index in [0.717, 1.165) is 4.90 Å². The fourth-order valence-corrected chi connectivity index (χ4v) is 3.18. The summed E-state index contributed by atoms with van der Waals surface area (Å²) >= 11 is 7.40. The van der Waals surface area contributed by atoms with Gasteiger partial charge in [0.2, 0.25) is 6.10 Å². The van der Waals surface area contributed by atoms with Crippen LogP contribution in [-0.4, -0.2) is 29.6 Å². The molecule has 0 radical (unpaired) electrons. The second kappa shape index (κ2) is 7.02. The molecule has 118 valence electrons. The van der Waals surface area contributed by atoms with E-state index in [0.29, 0.717) is 16.5 Å². The van der Waals surface area contributed by atoms with E-state index in [1.807, 2.05) is 18.2 Å². The molecule has 1 aliphatic heterocycles. The Balaban J connectivity index is 1.81. The van der Waals surface area contributed by atoms with Gasteiger partial charge in [0, 0.05) is 17.5 Å². The summed E-state index contributed by atoms with van der Waals surface area (Å²) < 4.78 is 10.0. The summed E-state index contributed by atoms with van der Waals surface area (Å²) in [5, 5.41) is 1.04. The Morgan fingerprint density at radius 2 is 2.13 bits per heavy atom. The molecule has 0 aliphatic carbocycles. The summed E-state index contributed by atoms with van der Waals surface area (Å²) in [7, 11) is 0. The molecule has 3 rings (SSSR count). The maximum atomic E-state index is 12.3. The quantitative estimate of drug-likeness (QED) is 0.788. The third kappa shape index (κ3) is 3.65. The number of halogens is 1. The number of ether oxygens (including phenoxy) is 2.